The number of H-pyrrole nitrogens is 1. The van der Waals surface area contributed by atoms with Gasteiger partial charge in [0.25, 0.3) is 0 Å². The summed E-state index contributed by atoms with van der Waals surface area (Å²) in [5, 5.41) is 26.0. The van der Waals surface area contributed by atoms with Gasteiger partial charge in [-0.15, -0.1) is 0 Å². The second-order valence-electron chi connectivity index (χ2n) is 6.84. The zero-order valence-electron chi connectivity index (χ0n) is 15.2. The largest absolute Gasteiger partial charge is 0.505 e. The van der Waals surface area contributed by atoms with Crippen LogP contribution in [0.1, 0.15) is 21.6 Å². The summed E-state index contributed by atoms with van der Waals surface area (Å²) in [6.07, 6.45) is 2.20. The Labute approximate surface area is 169 Å². The highest BCUT2D eigenvalue weighted by atomic mass is 32.1. The van der Waals surface area contributed by atoms with E-state index in [1.807, 2.05) is 53.4 Å². The van der Waals surface area contributed by atoms with Crippen molar-refractivity contribution in [2.45, 2.75) is 6.42 Å². The molecule has 0 fully saturated rings. The van der Waals surface area contributed by atoms with Crippen molar-refractivity contribution in [2.75, 3.05) is 0 Å². The van der Waals surface area contributed by atoms with Gasteiger partial charge in [0.1, 0.15) is 5.56 Å². The average molecular weight is 400 g/mol. The number of pyridine rings is 1. The van der Waals surface area contributed by atoms with Gasteiger partial charge in [-0.25, -0.2) is 9.78 Å². The van der Waals surface area contributed by atoms with E-state index in [2.05, 4.69) is 4.98 Å². The molecule has 0 saturated carbocycles. The van der Waals surface area contributed by atoms with Gasteiger partial charge in [-0.3, -0.25) is 0 Å². The van der Waals surface area contributed by atoms with E-state index in [0.29, 0.717) is 23.0 Å². The van der Waals surface area contributed by atoms with Crippen molar-refractivity contribution in [1.29, 1.82) is 0 Å². The first-order valence-corrected chi connectivity index (χ1v) is 10.0. The molecule has 0 aliphatic heterocycles. The first-order valence-electron chi connectivity index (χ1n) is 9.09. The van der Waals surface area contributed by atoms with E-state index in [0.717, 1.165) is 27.6 Å². The SMILES string of the molecule is O=C(O)c1c(O)c(Cc2c[nH]c3ccccc23)nc2c(-c3ccsc3)cccc12. The van der Waals surface area contributed by atoms with Gasteiger partial charge in [-0.2, -0.15) is 11.3 Å². The zero-order chi connectivity index (χ0) is 20.0. The number of carboxylic acids is 1. The predicted molar refractivity (Wildman–Crippen MR) is 115 cm³/mol. The Bertz CT molecular complexity index is 1370. The Morgan fingerprint density at radius 1 is 1.07 bits per heavy atom. The molecule has 2 aromatic carbocycles. The van der Waals surface area contributed by atoms with Gasteiger partial charge >= 0.3 is 5.97 Å². The number of aromatic amines is 1. The van der Waals surface area contributed by atoms with E-state index in [1.165, 1.54) is 0 Å². The normalized spacial score (nSPS) is 11.3. The lowest BCUT2D eigenvalue weighted by atomic mass is 9.98. The second-order valence-corrected chi connectivity index (χ2v) is 7.62. The molecule has 0 spiro atoms. The van der Waals surface area contributed by atoms with Crippen molar-refractivity contribution >= 4 is 39.1 Å². The minimum absolute atomic E-state index is 0.109. The summed E-state index contributed by atoms with van der Waals surface area (Å²) in [6, 6.07) is 15.3. The van der Waals surface area contributed by atoms with Crippen LogP contribution in [0.5, 0.6) is 5.75 Å². The molecule has 5 aromatic rings. The predicted octanol–water partition coefficient (Wildman–Crippen LogP) is 5.44. The van der Waals surface area contributed by atoms with Crippen LogP contribution in [0.4, 0.5) is 0 Å². The van der Waals surface area contributed by atoms with E-state index in [1.54, 1.807) is 23.5 Å². The van der Waals surface area contributed by atoms with Crippen LogP contribution in [-0.2, 0) is 6.42 Å². The van der Waals surface area contributed by atoms with Crippen LogP contribution in [0.15, 0.2) is 65.5 Å². The van der Waals surface area contributed by atoms with Crippen molar-refractivity contribution in [2.24, 2.45) is 0 Å². The fraction of sp³-hybridized carbons (Fsp3) is 0.0435. The summed E-state index contributed by atoms with van der Waals surface area (Å²) in [5.41, 5.74) is 4.59. The number of carboxylic acid groups (broad SMARTS) is 1. The molecule has 0 amide bonds. The third kappa shape index (κ3) is 2.85. The second kappa shape index (κ2) is 6.76. The van der Waals surface area contributed by atoms with E-state index in [-0.39, 0.29) is 11.3 Å². The van der Waals surface area contributed by atoms with Gasteiger partial charge in [0.05, 0.1) is 11.2 Å². The number of nitrogens with one attached hydrogen (secondary N) is 1. The molecule has 0 saturated heterocycles. The van der Waals surface area contributed by atoms with Gasteiger partial charge in [0.15, 0.2) is 5.75 Å². The van der Waals surface area contributed by atoms with Gasteiger partial charge < -0.3 is 15.2 Å². The number of hydrogen-bond acceptors (Lipinski definition) is 4. The van der Waals surface area contributed by atoms with Gasteiger partial charge in [0, 0.05) is 34.5 Å². The molecule has 3 N–H and O–H groups in total. The number of aromatic nitrogens is 2. The number of benzene rings is 2. The summed E-state index contributed by atoms with van der Waals surface area (Å²) in [7, 11) is 0. The van der Waals surface area contributed by atoms with Crippen molar-refractivity contribution < 1.29 is 15.0 Å². The summed E-state index contributed by atoms with van der Waals surface area (Å²) < 4.78 is 0. The molecule has 3 heterocycles. The number of rotatable bonds is 4. The van der Waals surface area contributed by atoms with Crippen molar-refractivity contribution in [3.63, 3.8) is 0 Å². The molecule has 0 aliphatic rings. The standard InChI is InChI=1S/C23H16N2O3S/c26-22-19(10-14-11-24-18-7-2-1-4-15(14)18)25-21-16(13-8-9-29-12-13)5-3-6-17(21)20(22)23(27)28/h1-9,11-12,24,26H,10H2,(H,27,28). The average Bonchev–Trinajstić information content (AvgIpc) is 3.38. The Morgan fingerprint density at radius 2 is 1.90 bits per heavy atom. The molecule has 0 bridgehead atoms. The van der Waals surface area contributed by atoms with E-state index in [4.69, 9.17) is 4.98 Å². The zero-order valence-corrected chi connectivity index (χ0v) is 16.0. The Morgan fingerprint density at radius 3 is 2.69 bits per heavy atom. The number of thiophene rings is 1. The minimum atomic E-state index is -1.17. The molecule has 6 heteroatoms. The number of aromatic hydroxyl groups is 1. The van der Waals surface area contributed by atoms with Crippen LogP contribution < -0.4 is 0 Å². The molecule has 142 valence electrons. The van der Waals surface area contributed by atoms with Crippen LogP contribution >= 0.6 is 11.3 Å². The number of aromatic carboxylic acids is 1. The quantitative estimate of drug-likeness (QED) is 0.375. The molecule has 0 atom stereocenters. The van der Waals surface area contributed by atoms with E-state index in [9.17, 15) is 15.0 Å². The van der Waals surface area contributed by atoms with Crippen LogP contribution in [0.25, 0.3) is 32.9 Å². The maximum Gasteiger partial charge on any atom is 0.340 e. The summed E-state index contributed by atoms with van der Waals surface area (Å²) >= 11 is 1.57. The highest BCUT2D eigenvalue weighted by Gasteiger charge is 2.22. The maximum absolute atomic E-state index is 12.0. The third-order valence-corrected chi connectivity index (χ3v) is 5.82. The van der Waals surface area contributed by atoms with Crippen molar-refractivity contribution in [3.8, 4) is 16.9 Å². The molecular weight excluding hydrogens is 384 g/mol. The Balaban J connectivity index is 1.76. The fourth-order valence-corrected chi connectivity index (χ4v) is 4.43. The Hall–Kier alpha value is -3.64. The van der Waals surface area contributed by atoms with E-state index >= 15 is 0 Å². The number of para-hydroxylation sites is 2. The van der Waals surface area contributed by atoms with Gasteiger partial charge in [-0.1, -0.05) is 36.4 Å². The first kappa shape index (κ1) is 17.5. The summed E-state index contributed by atoms with van der Waals surface area (Å²) in [4.78, 5) is 20.0. The van der Waals surface area contributed by atoms with E-state index < -0.39 is 5.97 Å². The molecule has 5 nitrogen and oxygen atoms in total. The topological polar surface area (TPSA) is 86.2 Å². The minimum Gasteiger partial charge on any atom is -0.505 e. The smallest absolute Gasteiger partial charge is 0.340 e. The first-order chi connectivity index (χ1) is 14.1. The molecule has 0 unspecified atom stereocenters. The lowest BCUT2D eigenvalue weighted by molar-refractivity contribution is 0.0695. The van der Waals surface area contributed by atoms with Gasteiger partial charge in [0.2, 0.25) is 0 Å². The molecule has 0 radical (unpaired) electrons. The number of fused-ring (bicyclic) bond motifs is 2. The molecule has 0 aliphatic carbocycles. The van der Waals surface area contributed by atoms with Crippen molar-refractivity contribution in [3.05, 3.63) is 82.3 Å². The molecular formula is C23H16N2O3S. The highest BCUT2D eigenvalue weighted by molar-refractivity contribution is 7.08. The molecule has 5 rings (SSSR count). The monoisotopic (exact) mass is 400 g/mol. The van der Waals surface area contributed by atoms with Gasteiger partial charge in [-0.05, 0) is 34.0 Å². The third-order valence-electron chi connectivity index (χ3n) is 5.14. The van der Waals surface area contributed by atoms with Crippen LogP contribution in [0.3, 0.4) is 0 Å². The van der Waals surface area contributed by atoms with Crippen molar-refractivity contribution in [1.82, 2.24) is 9.97 Å². The maximum atomic E-state index is 12.0. The lowest BCUT2D eigenvalue weighted by Crippen LogP contribution is -2.04. The number of nitrogens with zero attached hydrogens (tertiary/aromatic N) is 1. The molecule has 3 aromatic heterocycles. The fourth-order valence-electron chi connectivity index (χ4n) is 3.77. The summed E-state index contributed by atoms with van der Waals surface area (Å²) in [5.74, 6) is -1.45. The number of carbonyl (C=O) groups is 1. The number of hydrogen-bond donors (Lipinski definition) is 3. The summed E-state index contributed by atoms with van der Waals surface area (Å²) in [6.45, 7) is 0. The Kier molecular flexibility index (Phi) is 4.07. The van der Waals surface area contributed by atoms with Crippen LogP contribution in [-0.4, -0.2) is 26.2 Å². The lowest BCUT2D eigenvalue weighted by Gasteiger charge is -2.13. The van der Waals surface area contributed by atoms with Crippen LogP contribution in [0.2, 0.25) is 0 Å². The molecule has 29 heavy (non-hydrogen) atoms. The highest BCUT2D eigenvalue weighted by Crippen LogP contribution is 2.36. The van der Waals surface area contributed by atoms with Crippen LogP contribution in [0, 0.1) is 0 Å².